The van der Waals surface area contributed by atoms with Crippen LogP contribution in [0.3, 0.4) is 0 Å². The molecule has 0 unspecified atom stereocenters. The van der Waals surface area contributed by atoms with Crippen LogP contribution in [0.4, 0.5) is 0 Å². The summed E-state index contributed by atoms with van der Waals surface area (Å²) in [7, 11) is 0. The van der Waals surface area contributed by atoms with Crippen LogP contribution in [-0.4, -0.2) is 9.13 Å². The zero-order chi connectivity index (χ0) is 28.8. The van der Waals surface area contributed by atoms with E-state index in [2.05, 4.69) is 158 Å². The van der Waals surface area contributed by atoms with Crippen molar-refractivity contribution < 1.29 is 0 Å². The van der Waals surface area contributed by atoms with Gasteiger partial charge in [0.15, 0.2) is 0 Å². The van der Waals surface area contributed by atoms with Gasteiger partial charge in [0.1, 0.15) is 0 Å². The summed E-state index contributed by atoms with van der Waals surface area (Å²) in [4.78, 5) is 0. The van der Waals surface area contributed by atoms with Crippen molar-refractivity contribution in [1.82, 2.24) is 9.13 Å². The molecule has 2 aromatic heterocycles. The molecule has 5 aromatic carbocycles. The lowest BCUT2D eigenvalue weighted by Gasteiger charge is -2.08. The lowest BCUT2D eigenvalue weighted by atomic mass is 9.98. The van der Waals surface area contributed by atoms with Gasteiger partial charge in [0.05, 0.1) is 0 Å². The fraction of sp³-hybridized carbons (Fsp3) is 0.150. The molecular formula is C40H36N2. The minimum Gasteiger partial charge on any atom is -0.341 e. The maximum Gasteiger partial charge on any atom is 0.0491 e. The first-order valence-electron chi connectivity index (χ1n) is 15.0. The molecule has 0 aliphatic rings. The molecule has 7 aromatic rings. The normalized spacial score (nSPS) is 12.3. The standard InChI is InChI=1S/C40H36N2/c1-5-41-37-13-9-7-11-33(37)35-25-29(17-21-39(35)41)15-19-31-23-28(4)32(24-27(31)3)20-16-30-18-22-40-36(26-30)34-12-8-10-14-38(34)42(40)6-2/h7-26H,5-6H2,1-4H3. The molecule has 7 rings (SSSR count). The molecule has 0 N–H and O–H groups in total. The Balaban J connectivity index is 1.18. The Morgan fingerprint density at radius 3 is 1.29 bits per heavy atom. The highest BCUT2D eigenvalue weighted by Crippen LogP contribution is 2.32. The molecule has 2 heteroatoms. The maximum atomic E-state index is 2.40. The van der Waals surface area contributed by atoms with E-state index < -0.39 is 0 Å². The molecule has 0 saturated carbocycles. The Morgan fingerprint density at radius 2 is 0.857 bits per heavy atom. The number of nitrogens with zero attached hydrogens (tertiary/aromatic N) is 2. The van der Waals surface area contributed by atoms with Crippen molar-refractivity contribution in [2.24, 2.45) is 0 Å². The van der Waals surface area contributed by atoms with Gasteiger partial charge in [-0.1, -0.05) is 85.0 Å². The molecule has 0 aliphatic carbocycles. The fourth-order valence-corrected chi connectivity index (χ4v) is 6.62. The van der Waals surface area contributed by atoms with Crippen molar-refractivity contribution in [2.45, 2.75) is 40.8 Å². The Kier molecular flexibility index (Phi) is 6.55. The second-order valence-corrected chi connectivity index (χ2v) is 11.3. The average Bonchev–Trinajstić information content (AvgIpc) is 3.52. The van der Waals surface area contributed by atoms with E-state index in [1.54, 1.807) is 0 Å². The van der Waals surface area contributed by atoms with Gasteiger partial charge in [-0.3, -0.25) is 0 Å². The van der Waals surface area contributed by atoms with Crippen LogP contribution in [0.2, 0.25) is 0 Å². The van der Waals surface area contributed by atoms with Gasteiger partial charge in [-0.05, 0) is 97.5 Å². The van der Waals surface area contributed by atoms with E-state index in [4.69, 9.17) is 0 Å². The molecule has 206 valence electrons. The Hall–Kier alpha value is -4.82. The third kappa shape index (κ3) is 4.35. The van der Waals surface area contributed by atoms with Gasteiger partial charge >= 0.3 is 0 Å². The van der Waals surface area contributed by atoms with Gasteiger partial charge in [0, 0.05) is 56.7 Å². The second-order valence-electron chi connectivity index (χ2n) is 11.3. The monoisotopic (exact) mass is 544 g/mol. The van der Waals surface area contributed by atoms with E-state index in [9.17, 15) is 0 Å². The van der Waals surface area contributed by atoms with Crippen LogP contribution < -0.4 is 0 Å². The van der Waals surface area contributed by atoms with Gasteiger partial charge in [-0.25, -0.2) is 0 Å². The van der Waals surface area contributed by atoms with Crippen LogP contribution in [-0.2, 0) is 13.1 Å². The summed E-state index contributed by atoms with van der Waals surface area (Å²) >= 11 is 0. The summed E-state index contributed by atoms with van der Waals surface area (Å²) in [5.74, 6) is 0. The molecule has 2 heterocycles. The van der Waals surface area contributed by atoms with Gasteiger partial charge in [-0.15, -0.1) is 0 Å². The van der Waals surface area contributed by atoms with Crippen molar-refractivity contribution in [3.05, 3.63) is 130 Å². The minimum absolute atomic E-state index is 0.969. The molecule has 42 heavy (non-hydrogen) atoms. The molecule has 0 atom stereocenters. The number of fused-ring (bicyclic) bond motifs is 6. The van der Waals surface area contributed by atoms with Crippen LogP contribution in [0.5, 0.6) is 0 Å². The third-order valence-corrected chi connectivity index (χ3v) is 8.79. The largest absolute Gasteiger partial charge is 0.341 e. The fourth-order valence-electron chi connectivity index (χ4n) is 6.62. The summed E-state index contributed by atoms with van der Waals surface area (Å²) in [5.41, 5.74) is 12.7. The first kappa shape index (κ1) is 26.1. The van der Waals surface area contributed by atoms with E-state index >= 15 is 0 Å². The molecule has 0 amide bonds. The Bertz CT molecular complexity index is 2020. The van der Waals surface area contributed by atoms with E-state index in [1.807, 2.05) is 0 Å². The number of hydrogen-bond acceptors (Lipinski definition) is 0. The summed E-state index contributed by atoms with van der Waals surface area (Å²) in [6, 6.07) is 35.7. The van der Waals surface area contributed by atoms with Crippen molar-refractivity contribution >= 4 is 67.9 Å². The maximum absolute atomic E-state index is 2.40. The van der Waals surface area contributed by atoms with Crippen molar-refractivity contribution in [3.63, 3.8) is 0 Å². The third-order valence-electron chi connectivity index (χ3n) is 8.79. The number of rotatable bonds is 6. The van der Waals surface area contributed by atoms with E-state index in [0.717, 1.165) is 13.1 Å². The summed E-state index contributed by atoms with van der Waals surface area (Å²) in [6.45, 7) is 10.8. The Morgan fingerprint density at radius 1 is 0.452 bits per heavy atom. The lowest BCUT2D eigenvalue weighted by molar-refractivity contribution is 0.827. The number of aromatic nitrogens is 2. The highest BCUT2D eigenvalue weighted by Gasteiger charge is 2.10. The van der Waals surface area contributed by atoms with Crippen molar-refractivity contribution in [3.8, 4) is 0 Å². The minimum atomic E-state index is 0.969. The molecule has 0 aliphatic heterocycles. The van der Waals surface area contributed by atoms with E-state index in [1.165, 1.54) is 77.0 Å². The molecule has 0 bridgehead atoms. The predicted molar refractivity (Wildman–Crippen MR) is 184 cm³/mol. The Labute approximate surface area is 247 Å². The zero-order valence-electron chi connectivity index (χ0n) is 24.9. The predicted octanol–water partition coefficient (Wildman–Crippen LogP) is 10.9. The van der Waals surface area contributed by atoms with Gasteiger partial charge in [0.2, 0.25) is 0 Å². The number of hydrogen-bond donors (Lipinski definition) is 0. The SMILES string of the molecule is CCn1c2ccccc2c2cc(C=Cc3cc(C)c(C=Cc4ccc5c(c4)c4ccccc4n5CC)cc3C)ccc21. The molecule has 0 fully saturated rings. The molecular weight excluding hydrogens is 508 g/mol. The van der Waals surface area contributed by atoms with Crippen LogP contribution >= 0.6 is 0 Å². The van der Waals surface area contributed by atoms with Crippen LogP contribution in [0.1, 0.15) is 47.2 Å². The molecule has 0 saturated heterocycles. The molecule has 0 spiro atoms. The van der Waals surface area contributed by atoms with Gasteiger partial charge in [-0.2, -0.15) is 0 Å². The quantitative estimate of drug-likeness (QED) is 0.184. The highest BCUT2D eigenvalue weighted by atomic mass is 15.0. The highest BCUT2D eigenvalue weighted by molar-refractivity contribution is 6.09. The zero-order valence-corrected chi connectivity index (χ0v) is 24.9. The summed E-state index contributed by atoms with van der Waals surface area (Å²) < 4.78 is 4.80. The van der Waals surface area contributed by atoms with Crippen LogP contribution in [0.15, 0.2) is 97.1 Å². The summed E-state index contributed by atoms with van der Waals surface area (Å²) in [5, 5.41) is 5.28. The first-order valence-corrected chi connectivity index (χ1v) is 15.0. The number of benzene rings is 5. The van der Waals surface area contributed by atoms with Crippen molar-refractivity contribution in [2.75, 3.05) is 0 Å². The lowest BCUT2D eigenvalue weighted by Crippen LogP contribution is -1.92. The molecule has 0 radical (unpaired) electrons. The van der Waals surface area contributed by atoms with Gasteiger partial charge in [0.25, 0.3) is 0 Å². The number of para-hydroxylation sites is 2. The molecule has 2 nitrogen and oxygen atoms in total. The van der Waals surface area contributed by atoms with Crippen molar-refractivity contribution in [1.29, 1.82) is 0 Å². The average molecular weight is 545 g/mol. The van der Waals surface area contributed by atoms with E-state index in [-0.39, 0.29) is 0 Å². The smallest absolute Gasteiger partial charge is 0.0491 e. The first-order chi connectivity index (χ1) is 20.6. The van der Waals surface area contributed by atoms with Crippen LogP contribution in [0.25, 0.3) is 67.9 Å². The van der Waals surface area contributed by atoms with Gasteiger partial charge < -0.3 is 9.13 Å². The van der Waals surface area contributed by atoms with Crippen LogP contribution in [0, 0.1) is 13.8 Å². The van der Waals surface area contributed by atoms with E-state index in [0.29, 0.717) is 0 Å². The summed E-state index contributed by atoms with van der Waals surface area (Å²) in [6.07, 6.45) is 9.01. The topological polar surface area (TPSA) is 9.86 Å². The second kappa shape index (κ2) is 10.5. The number of aryl methyl sites for hydroxylation is 4.